The molecule has 4 saturated carbocycles. The Balaban J connectivity index is 1.25. The molecule has 164 valence electrons. The fraction of sp³-hybridized carbons (Fsp3) is 0.440. The van der Waals surface area contributed by atoms with Crippen LogP contribution >= 0.6 is 0 Å². The first-order chi connectivity index (χ1) is 15.4. The van der Waals surface area contributed by atoms with Crippen LogP contribution in [0.2, 0.25) is 0 Å². The number of carbonyl (C=O) groups excluding carboxylic acids is 2. The molecule has 2 atom stereocenters. The monoisotopic (exact) mass is 430 g/mol. The first kappa shape index (κ1) is 19.5. The smallest absolute Gasteiger partial charge is 0.270 e. The number of hydrogen-bond acceptors (Lipinski definition) is 5. The highest BCUT2D eigenvalue weighted by atomic mass is 16.3. The van der Waals surface area contributed by atoms with Gasteiger partial charge in [0.15, 0.2) is 11.5 Å². The normalized spacial score (nSPS) is 30.4. The number of pyridine rings is 1. The summed E-state index contributed by atoms with van der Waals surface area (Å²) < 4.78 is 5.61. The molecule has 7 rings (SSSR count). The maximum absolute atomic E-state index is 13.3. The average molecular weight is 431 g/mol. The Hall–Kier alpha value is -3.22. The molecule has 7 heteroatoms. The van der Waals surface area contributed by atoms with Crippen molar-refractivity contribution < 1.29 is 14.0 Å². The predicted octanol–water partition coefficient (Wildman–Crippen LogP) is 3.78. The van der Waals surface area contributed by atoms with Crippen molar-refractivity contribution in [2.45, 2.75) is 56.5 Å². The van der Waals surface area contributed by atoms with Gasteiger partial charge in [-0.15, -0.1) is 0 Å². The minimum atomic E-state index is -0.287. The van der Waals surface area contributed by atoms with E-state index in [-0.39, 0.29) is 22.9 Å². The third kappa shape index (κ3) is 3.27. The lowest BCUT2D eigenvalue weighted by atomic mass is 9.49. The Bertz CT molecular complexity index is 1200. The van der Waals surface area contributed by atoms with Gasteiger partial charge in [0.2, 0.25) is 0 Å². The van der Waals surface area contributed by atoms with Crippen LogP contribution in [0, 0.1) is 18.8 Å². The first-order valence-electron chi connectivity index (χ1n) is 11.3. The van der Waals surface area contributed by atoms with Gasteiger partial charge in [-0.2, -0.15) is 0 Å². The molecule has 2 heterocycles. The van der Waals surface area contributed by atoms with Crippen LogP contribution in [0.5, 0.6) is 0 Å². The summed E-state index contributed by atoms with van der Waals surface area (Å²) in [7, 11) is 0. The van der Waals surface area contributed by atoms with E-state index in [4.69, 9.17) is 4.42 Å². The van der Waals surface area contributed by atoms with Crippen LogP contribution in [0.3, 0.4) is 0 Å². The largest absolute Gasteiger partial charge is 0.441 e. The zero-order valence-corrected chi connectivity index (χ0v) is 18.1. The fourth-order valence-corrected chi connectivity index (χ4v) is 6.85. The van der Waals surface area contributed by atoms with E-state index in [9.17, 15) is 9.59 Å². The van der Waals surface area contributed by atoms with Gasteiger partial charge in [-0.3, -0.25) is 14.6 Å². The highest BCUT2D eigenvalue weighted by molar-refractivity contribution is 5.97. The van der Waals surface area contributed by atoms with Crippen molar-refractivity contribution in [3.05, 3.63) is 59.7 Å². The van der Waals surface area contributed by atoms with Crippen molar-refractivity contribution in [3.8, 4) is 0 Å². The topological polar surface area (TPSA) is 97.1 Å². The summed E-state index contributed by atoms with van der Waals surface area (Å²) >= 11 is 0. The summed E-state index contributed by atoms with van der Waals surface area (Å²) in [5.41, 5.74) is 1.83. The van der Waals surface area contributed by atoms with E-state index in [1.165, 1.54) is 6.42 Å². The summed E-state index contributed by atoms with van der Waals surface area (Å²) in [6.45, 7) is 1.80. The average Bonchev–Trinajstić information content (AvgIpc) is 3.12. The number of rotatable bonds is 4. The van der Waals surface area contributed by atoms with Crippen LogP contribution in [-0.4, -0.2) is 32.9 Å². The van der Waals surface area contributed by atoms with E-state index in [1.54, 1.807) is 31.3 Å². The second-order valence-corrected chi connectivity index (χ2v) is 10.1. The minimum absolute atomic E-state index is 0.0888. The third-order valence-electron chi connectivity index (χ3n) is 7.47. The Morgan fingerprint density at radius 3 is 2.41 bits per heavy atom. The number of aryl methyl sites for hydroxylation is 1. The van der Waals surface area contributed by atoms with E-state index in [0.29, 0.717) is 34.6 Å². The maximum Gasteiger partial charge on any atom is 0.270 e. The number of amides is 2. The lowest BCUT2D eigenvalue weighted by molar-refractivity contribution is -0.0448. The minimum Gasteiger partial charge on any atom is -0.441 e. The van der Waals surface area contributed by atoms with Crippen LogP contribution in [0.15, 0.2) is 47.0 Å². The highest BCUT2D eigenvalue weighted by Crippen LogP contribution is 2.57. The van der Waals surface area contributed by atoms with Gasteiger partial charge in [0.25, 0.3) is 11.8 Å². The number of aromatic nitrogens is 2. The zero-order valence-electron chi connectivity index (χ0n) is 18.1. The molecule has 4 aliphatic rings. The number of nitrogens with zero attached hydrogens (tertiary/aromatic N) is 2. The number of carbonyl (C=O) groups is 2. The molecular formula is C25H26N4O3. The Morgan fingerprint density at radius 1 is 1.00 bits per heavy atom. The molecule has 4 fully saturated rings. The zero-order chi connectivity index (χ0) is 21.9. The van der Waals surface area contributed by atoms with Crippen LogP contribution in [0.4, 0.5) is 0 Å². The van der Waals surface area contributed by atoms with E-state index < -0.39 is 0 Å². The molecule has 0 spiro atoms. The SMILES string of the molecule is Cc1nc2ccc(C(=O)NC34CC5CC(C3)CC(NC(=O)c3ccccn3)(C5)C4)cc2o1. The van der Waals surface area contributed by atoms with Gasteiger partial charge in [-0.1, -0.05) is 6.07 Å². The standard InChI is InChI=1S/C25H26N4O3/c1-15-27-19-6-5-18(9-21(19)32-15)22(30)28-24-10-16-8-17(11-24)13-25(12-16,14-24)29-23(31)20-4-2-3-7-26-20/h2-7,9,16-17H,8,10-14H2,1H3,(H,28,30)(H,29,31). The predicted molar refractivity (Wildman–Crippen MR) is 118 cm³/mol. The fourth-order valence-electron chi connectivity index (χ4n) is 6.85. The molecule has 0 saturated heterocycles. The summed E-state index contributed by atoms with van der Waals surface area (Å²) in [5, 5.41) is 6.71. The number of nitrogens with one attached hydrogen (secondary N) is 2. The summed E-state index contributed by atoms with van der Waals surface area (Å²) in [4.78, 5) is 34.7. The molecule has 2 aromatic heterocycles. The molecule has 4 aliphatic carbocycles. The molecule has 2 N–H and O–H groups in total. The highest BCUT2D eigenvalue weighted by Gasteiger charge is 2.58. The van der Waals surface area contributed by atoms with Crippen LogP contribution < -0.4 is 10.6 Å². The van der Waals surface area contributed by atoms with E-state index in [0.717, 1.165) is 37.6 Å². The molecule has 7 nitrogen and oxygen atoms in total. The lowest BCUT2D eigenvalue weighted by Gasteiger charge is -2.62. The van der Waals surface area contributed by atoms with Crippen molar-refractivity contribution in [3.63, 3.8) is 0 Å². The molecule has 1 aromatic carbocycles. The lowest BCUT2D eigenvalue weighted by Crippen LogP contribution is -2.69. The molecule has 0 radical (unpaired) electrons. The molecule has 32 heavy (non-hydrogen) atoms. The molecule has 0 aliphatic heterocycles. The summed E-state index contributed by atoms with van der Waals surface area (Å²) in [6, 6.07) is 10.8. The van der Waals surface area contributed by atoms with E-state index in [1.807, 2.05) is 18.2 Å². The first-order valence-corrected chi connectivity index (χ1v) is 11.3. The van der Waals surface area contributed by atoms with Crippen molar-refractivity contribution >= 4 is 22.9 Å². The van der Waals surface area contributed by atoms with Gasteiger partial charge >= 0.3 is 0 Å². The summed E-state index contributed by atoms with van der Waals surface area (Å²) in [6.07, 6.45) is 7.48. The summed E-state index contributed by atoms with van der Waals surface area (Å²) in [5.74, 6) is 1.40. The third-order valence-corrected chi connectivity index (χ3v) is 7.47. The maximum atomic E-state index is 13.3. The van der Waals surface area contributed by atoms with Crippen molar-refractivity contribution in [1.82, 2.24) is 20.6 Å². The van der Waals surface area contributed by atoms with Gasteiger partial charge < -0.3 is 15.1 Å². The molecular weight excluding hydrogens is 404 g/mol. The van der Waals surface area contributed by atoms with Crippen LogP contribution in [0.1, 0.15) is 65.3 Å². The van der Waals surface area contributed by atoms with E-state index in [2.05, 4.69) is 20.6 Å². The Labute approximate surface area is 186 Å². The van der Waals surface area contributed by atoms with Crippen molar-refractivity contribution in [1.29, 1.82) is 0 Å². The van der Waals surface area contributed by atoms with Crippen LogP contribution in [0.25, 0.3) is 11.1 Å². The van der Waals surface area contributed by atoms with Crippen molar-refractivity contribution in [2.75, 3.05) is 0 Å². The number of oxazole rings is 1. The molecule has 2 unspecified atom stereocenters. The quantitative estimate of drug-likeness (QED) is 0.657. The molecule has 3 aromatic rings. The van der Waals surface area contributed by atoms with Crippen LogP contribution in [-0.2, 0) is 0 Å². The number of hydrogen-bond donors (Lipinski definition) is 2. The Kier molecular flexibility index (Phi) is 4.19. The number of fused-ring (bicyclic) bond motifs is 1. The number of benzene rings is 1. The van der Waals surface area contributed by atoms with Gasteiger partial charge in [0.05, 0.1) is 0 Å². The van der Waals surface area contributed by atoms with Gasteiger partial charge in [0.1, 0.15) is 11.2 Å². The van der Waals surface area contributed by atoms with Gasteiger partial charge in [0, 0.05) is 29.8 Å². The molecule has 2 amide bonds. The van der Waals surface area contributed by atoms with E-state index >= 15 is 0 Å². The van der Waals surface area contributed by atoms with Gasteiger partial charge in [-0.25, -0.2) is 4.98 Å². The van der Waals surface area contributed by atoms with Gasteiger partial charge in [-0.05, 0) is 80.7 Å². The molecule has 4 bridgehead atoms. The van der Waals surface area contributed by atoms with Crippen molar-refractivity contribution in [2.24, 2.45) is 11.8 Å². The second-order valence-electron chi connectivity index (χ2n) is 10.1. The second kappa shape index (κ2) is 6.89. The Morgan fingerprint density at radius 2 is 1.72 bits per heavy atom.